The topological polar surface area (TPSA) is 52.6 Å². The fraction of sp³-hybridized carbons (Fsp3) is 0.143. The van der Waals surface area contributed by atoms with Gasteiger partial charge in [0, 0.05) is 0 Å². The molecule has 0 atom stereocenters. The number of rotatable bonds is 4. The molecule has 0 fully saturated rings. The molecule has 0 unspecified atom stereocenters. The van der Waals surface area contributed by atoms with Gasteiger partial charge in [0.25, 0.3) is 6.47 Å². The van der Waals surface area contributed by atoms with Crippen molar-refractivity contribution >= 4 is 23.8 Å². The van der Waals surface area contributed by atoms with Crippen molar-refractivity contribution in [1.82, 2.24) is 0 Å². The van der Waals surface area contributed by atoms with E-state index in [1.54, 1.807) is 24.3 Å². The Bertz CT molecular complexity index is 827. The van der Waals surface area contributed by atoms with E-state index in [0.717, 1.165) is 16.9 Å². The van der Waals surface area contributed by atoms with Crippen molar-refractivity contribution in [3.8, 4) is 10.1 Å². The number of hydrogen-bond donors (Lipinski definition) is 0. The Morgan fingerprint density at radius 3 is 1.73 bits per heavy atom. The normalized spacial score (nSPS) is 9.65. The monoisotopic (exact) mass is 368 g/mol. The Hall–Kier alpha value is -2.92. The molecule has 5 heteroatoms. The van der Waals surface area contributed by atoms with Gasteiger partial charge in [0.15, 0.2) is 10.1 Å². The lowest BCUT2D eigenvalue weighted by Crippen LogP contribution is -2.07. The summed E-state index contributed by atoms with van der Waals surface area (Å²) in [7, 11) is 0. The molecule has 1 aromatic heterocycles. The van der Waals surface area contributed by atoms with E-state index < -0.39 is 5.97 Å². The van der Waals surface area contributed by atoms with Crippen LogP contribution in [0.5, 0.6) is 10.1 Å². The lowest BCUT2D eigenvalue weighted by Gasteiger charge is -2.01. The zero-order valence-corrected chi connectivity index (χ0v) is 15.7. The van der Waals surface area contributed by atoms with Crippen molar-refractivity contribution in [1.29, 1.82) is 0 Å². The largest absolute Gasteiger partial charge is 0.418 e. The molecule has 0 amide bonds. The summed E-state index contributed by atoms with van der Waals surface area (Å²) in [6.45, 7) is 6.47. The van der Waals surface area contributed by atoms with Gasteiger partial charge in [-0.15, -0.1) is 0 Å². The molecule has 0 radical (unpaired) electrons. The van der Waals surface area contributed by atoms with Gasteiger partial charge in [-0.1, -0.05) is 64.4 Å². The van der Waals surface area contributed by atoms with Crippen molar-refractivity contribution < 1.29 is 19.1 Å². The van der Waals surface area contributed by atoms with Crippen LogP contribution in [0.15, 0.2) is 60.7 Å². The van der Waals surface area contributed by atoms with E-state index in [1.807, 2.05) is 19.1 Å². The number of hydrogen-bond acceptors (Lipinski definition) is 5. The molecule has 134 valence electrons. The van der Waals surface area contributed by atoms with Crippen LogP contribution >= 0.6 is 11.3 Å². The third-order valence-corrected chi connectivity index (χ3v) is 4.27. The highest BCUT2D eigenvalue weighted by atomic mass is 32.1. The van der Waals surface area contributed by atoms with Crippen LogP contribution < -0.4 is 9.47 Å². The predicted molar refractivity (Wildman–Crippen MR) is 103 cm³/mol. The van der Waals surface area contributed by atoms with Gasteiger partial charge >= 0.3 is 5.97 Å². The van der Waals surface area contributed by atoms with Crippen LogP contribution in [0.4, 0.5) is 0 Å². The second kappa shape index (κ2) is 9.53. The van der Waals surface area contributed by atoms with Gasteiger partial charge in [0.2, 0.25) is 0 Å². The molecule has 3 rings (SSSR count). The van der Waals surface area contributed by atoms with E-state index in [0.29, 0.717) is 22.2 Å². The summed E-state index contributed by atoms with van der Waals surface area (Å²) in [5.41, 5.74) is 4.21. The Morgan fingerprint density at radius 1 is 0.769 bits per heavy atom. The minimum Gasteiger partial charge on any atom is -0.418 e. The van der Waals surface area contributed by atoms with E-state index in [1.165, 1.54) is 11.1 Å². The maximum atomic E-state index is 11.8. The standard InChI is InChI=1S/C13H10O4S.C8H10/c1-9-2-4-10(5-3-9)13(15)17-12-7-6-11(18-12)16-8-14;1-7-3-5-8(2)6-4-7/h2-8H,1H3;3-6H,1-2H3. The lowest BCUT2D eigenvalue weighted by atomic mass is 10.1. The average Bonchev–Trinajstić information content (AvgIpc) is 3.06. The summed E-state index contributed by atoms with van der Waals surface area (Å²) in [6.07, 6.45) is 0. The summed E-state index contributed by atoms with van der Waals surface area (Å²) in [5.74, 6) is -0.436. The minimum atomic E-state index is -0.436. The first kappa shape index (κ1) is 19.4. The number of esters is 1. The maximum Gasteiger partial charge on any atom is 0.344 e. The van der Waals surface area contributed by atoms with Crippen molar-refractivity contribution in [2.75, 3.05) is 0 Å². The average molecular weight is 368 g/mol. The Labute approximate surface area is 157 Å². The van der Waals surface area contributed by atoms with E-state index in [4.69, 9.17) is 4.74 Å². The zero-order chi connectivity index (χ0) is 18.9. The second-order valence-corrected chi connectivity index (χ2v) is 6.71. The van der Waals surface area contributed by atoms with Gasteiger partial charge in [-0.05, 0) is 45.0 Å². The summed E-state index contributed by atoms with van der Waals surface area (Å²) in [5, 5.41) is 0.772. The van der Waals surface area contributed by atoms with Gasteiger partial charge in [0.05, 0.1) is 5.56 Å². The molecular weight excluding hydrogens is 348 g/mol. The molecule has 0 spiro atoms. The van der Waals surface area contributed by atoms with Crippen molar-refractivity contribution in [3.05, 3.63) is 82.9 Å². The minimum absolute atomic E-state index is 0.331. The molecule has 0 aliphatic carbocycles. The smallest absolute Gasteiger partial charge is 0.344 e. The summed E-state index contributed by atoms with van der Waals surface area (Å²) < 4.78 is 9.79. The van der Waals surface area contributed by atoms with Gasteiger partial charge in [-0.2, -0.15) is 0 Å². The zero-order valence-electron chi connectivity index (χ0n) is 14.9. The Balaban J connectivity index is 0.000000254. The number of thiophene rings is 1. The number of benzene rings is 2. The van der Waals surface area contributed by atoms with Crippen LogP contribution in [-0.4, -0.2) is 12.4 Å². The number of ether oxygens (including phenoxy) is 2. The molecule has 1 heterocycles. The highest BCUT2D eigenvalue weighted by Crippen LogP contribution is 2.31. The van der Waals surface area contributed by atoms with Crippen LogP contribution in [0.2, 0.25) is 0 Å². The van der Waals surface area contributed by atoms with Crippen LogP contribution in [0.3, 0.4) is 0 Å². The molecule has 0 saturated heterocycles. The second-order valence-electron chi connectivity index (χ2n) is 5.70. The highest BCUT2D eigenvalue weighted by Gasteiger charge is 2.10. The van der Waals surface area contributed by atoms with Gasteiger partial charge in [0.1, 0.15) is 0 Å². The number of carbonyl (C=O) groups is 2. The molecule has 4 nitrogen and oxygen atoms in total. The van der Waals surface area contributed by atoms with Gasteiger partial charge < -0.3 is 9.47 Å². The molecule has 3 aromatic rings. The molecule has 0 aliphatic rings. The Kier molecular flexibility index (Phi) is 7.12. The molecule has 0 N–H and O–H groups in total. The lowest BCUT2D eigenvalue weighted by molar-refractivity contribution is -0.120. The number of aryl methyl sites for hydroxylation is 3. The van der Waals surface area contributed by atoms with Crippen LogP contribution in [0.1, 0.15) is 27.0 Å². The molecule has 0 aliphatic heterocycles. The molecule has 26 heavy (non-hydrogen) atoms. The predicted octanol–water partition coefficient (Wildman–Crippen LogP) is 5.11. The fourth-order valence-electron chi connectivity index (χ4n) is 1.95. The molecular formula is C21H20O4S. The van der Waals surface area contributed by atoms with Gasteiger partial charge in [-0.25, -0.2) is 4.79 Å². The van der Waals surface area contributed by atoms with Crippen LogP contribution in [0.25, 0.3) is 0 Å². The third-order valence-electron chi connectivity index (χ3n) is 3.42. The first-order chi connectivity index (χ1) is 12.5. The van der Waals surface area contributed by atoms with Crippen LogP contribution in [0, 0.1) is 20.8 Å². The molecule has 0 saturated carbocycles. The summed E-state index contributed by atoms with van der Waals surface area (Å²) in [6, 6.07) is 18.7. The highest BCUT2D eigenvalue weighted by molar-refractivity contribution is 7.15. The van der Waals surface area contributed by atoms with Crippen LogP contribution in [-0.2, 0) is 4.79 Å². The van der Waals surface area contributed by atoms with E-state index >= 15 is 0 Å². The van der Waals surface area contributed by atoms with Crippen molar-refractivity contribution in [2.24, 2.45) is 0 Å². The van der Waals surface area contributed by atoms with E-state index in [-0.39, 0.29) is 0 Å². The molecule has 0 bridgehead atoms. The van der Waals surface area contributed by atoms with Crippen molar-refractivity contribution in [2.45, 2.75) is 20.8 Å². The van der Waals surface area contributed by atoms with Gasteiger partial charge in [-0.3, -0.25) is 4.79 Å². The maximum absolute atomic E-state index is 11.8. The SMILES string of the molecule is Cc1ccc(C(=O)Oc2ccc(OC=O)s2)cc1.Cc1ccc(C)cc1. The molecule has 2 aromatic carbocycles. The Morgan fingerprint density at radius 2 is 1.23 bits per heavy atom. The summed E-state index contributed by atoms with van der Waals surface area (Å²) in [4.78, 5) is 21.9. The van der Waals surface area contributed by atoms with Crippen molar-refractivity contribution in [3.63, 3.8) is 0 Å². The van der Waals surface area contributed by atoms with E-state index in [2.05, 4.69) is 42.8 Å². The first-order valence-electron chi connectivity index (χ1n) is 8.00. The summed E-state index contributed by atoms with van der Waals surface area (Å²) >= 11 is 1.09. The first-order valence-corrected chi connectivity index (χ1v) is 8.82. The number of carbonyl (C=O) groups excluding carboxylic acids is 2. The van der Waals surface area contributed by atoms with E-state index in [9.17, 15) is 9.59 Å². The quantitative estimate of drug-likeness (QED) is 0.474. The fourth-order valence-corrected chi connectivity index (χ4v) is 2.62. The third kappa shape index (κ3) is 6.18.